The molecule has 0 radical (unpaired) electrons. The molecule has 102 valence electrons. The second-order valence-electron chi connectivity index (χ2n) is 3.65. The average Bonchev–Trinajstić information content (AvgIpc) is 2.90. The minimum absolute atomic E-state index is 0.0462. The summed E-state index contributed by atoms with van der Waals surface area (Å²) in [5.74, 6) is 1.78. The van der Waals surface area contributed by atoms with Crippen LogP contribution in [0.15, 0.2) is 12.1 Å². The molecule has 3 rings (SSSR count). The third-order valence-corrected chi connectivity index (χ3v) is 2.41. The fourth-order valence-corrected chi connectivity index (χ4v) is 1.86. The van der Waals surface area contributed by atoms with Gasteiger partial charge in [-0.25, -0.2) is 0 Å². The molecule has 1 aromatic rings. The van der Waals surface area contributed by atoms with Crippen molar-refractivity contribution in [3.63, 3.8) is 0 Å². The van der Waals surface area contributed by atoms with E-state index in [-0.39, 0.29) is 12.5 Å². The maximum absolute atomic E-state index is 5.56. The number of rotatable bonds is 0. The number of nitrogens with one attached hydrogen (secondary N) is 2. The van der Waals surface area contributed by atoms with Gasteiger partial charge in [-0.2, -0.15) is 0 Å². The highest BCUT2D eigenvalue weighted by atomic mass is 16.5. The first kappa shape index (κ1) is 14.5. The maximum Gasteiger partial charge on any atom is 0.167 e. The topological polar surface area (TPSA) is 42.5 Å². The van der Waals surface area contributed by atoms with Crippen molar-refractivity contribution in [2.75, 3.05) is 10.6 Å². The minimum Gasteiger partial charge on any atom is -0.469 e. The Morgan fingerprint density at radius 2 is 1.11 bits per heavy atom. The van der Waals surface area contributed by atoms with E-state index in [0.29, 0.717) is 0 Å². The number of benzene rings is 1. The molecule has 0 spiro atoms. The van der Waals surface area contributed by atoms with Crippen molar-refractivity contribution < 1.29 is 9.47 Å². The van der Waals surface area contributed by atoms with Gasteiger partial charge in [-0.05, 0) is 13.8 Å². The van der Waals surface area contributed by atoms with Gasteiger partial charge in [0.2, 0.25) is 0 Å². The van der Waals surface area contributed by atoms with Crippen molar-refractivity contribution in [3.8, 4) is 11.5 Å². The lowest BCUT2D eigenvalue weighted by atomic mass is 10.2. The summed E-state index contributed by atoms with van der Waals surface area (Å²) >= 11 is 0. The zero-order chi connectivity index (χ0) is 13.7. The van der Waals surface area contributed by atoms with Gasteiger partial charge in [-0.15, -0.1) is 0 Å². The van der Waals surface area contributed by atoms with E-state index in [1.54, 1.807) is 0 Å². The van der Waals surface area contributed by atoms with Gasteiger partial charge < -0.3 is 20.1 Å². The first-order valence-corrected chi connectivity index (χ1v) is 6.77. The van der Waals surface area contributed by atoms with Crippen molar-refractivity contribution in [2.45, 2.75) is 54.0 Å². The second-order valence-corrected chi connectivity index (χ2v) is 3.65. The Bertz CT molecular complexity index is 325. The first-order valence-electron chi connectivity index (χ1n) is 6.77. The Kier molecular flexibility index (Phi) is 5.13. The summed E-state index contributed by atoms with van der Waals surface area (Å²) in [6.07, 6.45) is 0.0925. The first-order chi connectivity index (χ1) is 8.72. The van der Waals surface area contributed by atoms with Crippen LogP contribution in [-0.4, -0.2) is 12.5 Å². The number of ether oxygens (including phenoxy) is 2. The van der Waals surface area contributed by atoms with Crippen molar-refractivity contribution in [1.82, 2.24) is 0 Å². The lowest BCUT2D eigenvalue weighted by molar-refractivity contribution is 0.274. The predicted molar refractivity (Wildman–Crippen MR) is 76.6 cm³/mol. The van der Waals surface area contributed by atoms with Crippen LogP contribution < -0.4 is 20.1 Å². The van der Waals surface area contributed by atoms with E-state index in [4.69, 9.17) is 9.47 Å². The molecule has 0 amide bonds. The average molecular weight is 252 g/mol. The maximum atomic E-state index is 5.56. The SMILES string of the molecule is CC.CC.CC1Nc2cc3c(cc2O1)NC(C)O3. The molecule has 0 bridgehead atoms. The smallest absolute Gasteiger partial charge is 0.167 e. The fraction of sp³-hybridized carbons (Fsp3) is 0.571. The molecule has 2 heterocycles. The van der Waals surface area contributed by atoms with E-state index < -0.39 is 0 Å². The van der Waals surface area contributed by atoms with E-state index in [1.165, 1.54) is 0 Å². The lowest BCUT2D eigenvalue weighted by Crippen LogP contribution is -2.15. The molecule has 4 heteroatoms. The summed E-state index contributed by atoms with van der Waals surface area (Å²) in [7, 11) is 0. The lowest BCUT2D eigenvalue weighted by Gasteiger charge is -2.02. The van der Waals surface area contributed by atoms with Crippen LogP contribution in [-0.2, 0) is 0 Å². The molecule has 4 nitrogen and oxygen atoms in total. The van der Waals surface area contributed by atoms with Crippen molar-refractivity contribution in [2.24, 2.45) is 0 Å². The molecular weight excluding hydrogens is 228 g/mol. The van der Waals surface area contributed by atoms with Gasteiger partial charge in [0.25, 0.3) is 0 Å². The van der Waals surface area contributed by atoms with Crippen LogP contribution in [0.1, 0.15) is 41.5 Å². The highest BCUT2D eigenvalue weighted by molar-refractivity contribution is 5.74. The number of hydrogen-bond acceptors (Lipinski definition) is 4. The second kappa shape index (κ2) is 6.38. The Hall–Kier alpha value is -1.58. The number of anilines is 2. The standard InChI is InChI=1S/C10H12N2O2.2C2H6/c1-5-11-7-3-10-8(4-9(7)13-5)12-6(2)14-10;2*1-2/h3-6,11-12H,1-2H3;2*1-2H3. The van der Waals surface area contributed by atoms with E-state index >= 15 is 0 Å². The Labute approximate surface area is 110 Å². The van der Waals surface area contributed by atoms with Gasteiger partial charge in [0.05, 0.1) is 11.4 Å². The quantitative estimate of drug-likeness (QED) is 0.731. The van der Waals surface area contributed by atoms with Crippen LogP contribution in [0.3, 0.4) is 0 Å². The monoisotopic (exact) mass is 252 g/mol. The third kappa shape index (κ3) is 2.81. The van der Waals surface area contributed by atoms with Crippen LogP contribution in [0, 0.1) is 0 Å². The molecular formula is C14H24N2O2. The molecule has 0 saturated heterocycles. The summed E-state index contributed by atoms with van der Waals surface area (Å²) in [6.45, 7) is 11.9. The molecule has 18 heavy (non-hydrogen) atoms. The van der Waals surface area contributed by atoms with Gasteiger partial charge in [0.15, 0.2) is 12.5 Å². The zero-order valence-electron chi connectivity index (χ0n) is 12.1. The Morgan fingerprint density at radius 3 is 1.44 bits per heavy atom. The van der Waals surface area contributed by atoms with E-state index in [9.17, 15) is 0 Å². The van der Waals surface area contributed by atoms with Gasteiger partial charge in [0.1, 0.15) is 11.5 Å². The summed E-state index contributed by atoms with van der Waals surface area (Å²) in [4.78, 5) is 0. The minimum atomic E-state index is 0.0462. The predicted octanol–water partition coefficient (Wildman–Crippen LogP) is 4.04. The Balaban J connectivity index is 0.000000371. The van der Waals surface area contributed by atoms with Crippen molar-refractivity contribution in [1.29, 1.82) is 0 Å². The molecule has 0 aliphatic carbocycles. The van der Waals surface area contributed by atoms with E-state index in [2.05, 4.69) is 10.6 Å². The summed E-state index contributed by atoms with van der Waals surface area (Å²) in [5.41, 5.74) is 2.01. The van der Waals surface area contributed by atoms with E-state index in [1.807, 2.05) is 53.7 Å². The molecule has 0 aromatic heterocycles. The van der Waals surface area contributed by atoms with Crippen LogP contribution in [0.25, 0.3) is 0 Å². The van der Waals surface area contributed by atoms with Crippen molar-refractivity contribution in [3.05, 3.63) is 12.1 Å². The summed E-state index contributed by atoms with van der Waals surface area (Å²) < 4.78 is 11.1. The highest BCUT2D eigenvalue weighted by Crippen LogP contribution is 2.43. The molecule has 2 aliphatic rings. The van der Waals surface area contributed by atoms with Gasteiger partial charge in [-0.1, -0.05) is 27.7 Å². The van der Waals surface area contributed by atoms with Crippen LogP contribution in [0.2, 0.25) is 0 Å². The van der Waals surface area contributed by atoms with E-state index in [0.717, 1.165) is 22.9 Å². The largest absolute Gasteiger partial charge is 0.469 e. The molecule has 2 N–H and O–H groups in total. The molecule has 2 aliphatic heterocycles. The number of fused-ring (bicyclic) bond motifs is 2. The molecule has 0 saturated carbocycles. The summed E-state index contributed by atoms with van der Waals surface area (Å²) in [5, 5.41) is 6.42. The summed E-state index contributed by atoms with van der Waals surface area (Å²) in [6, 6.07) is 3.95. The van der Waals surface area contributed by atoms with Crippen LogP contribution in [0.5, 0.6) is 11.5 Å². The van der Waals surface area contributed by atoms with Crippen molar-refractivity contribution >= 4 is 11.4 Å². The Morgan fingerprint density at radius 1 is 0.778 bits per heavy atom. The highest BCUT2D eigenvalue weighted by Gasteiger charge is 2.25. The van der Waals surface area contributed by atoms with Crippen LogP contribution >= 0.6 is 0 Å². The van der Waals surface area contributed by atoms with Gasteiger partial charge in [-0.3, -0.25) is 0 Å². The third-order valence-electron chi connectivity index (χ3n) is 2.41. The number of hydrogen-bond donors (Lipinski definition) is 2. The zero-order valence-corrected chi connectivity index (χ0v) is 12.1. The van der Waals surface area contributed by atoms with Gasteiger partial charge >= 0.3 is 0 Å². The molecule has 2 unspecified atom stereocenters. The molecule has 0 fully saturated rings. The fourth-order valence-electron chi connectivity index (χ4n) is 1.86. The molecule has 2 atom stereocenters. The molecule has 1 aromatic carbocycles. The van der Waals surface area contributed by atoms with Crippen LogP contribution in [0.4, 0.5) is 11.4 Å². The normalized spacial score (nSPS) is 21.4. The van der Waals surface area contributed by atoms with Gasteiger partial charge in [0, 0.05) is 12.1 Å².